The Kier molecular flexibility index (Phi) is 3.45. The Balaban J connectivity index is 2.28. The number of anilines is 1. The topological polar surface area (TPSA) is 24.1 Å². The van der Waals surface area contributed by atoms with Gasteiger partial charge in [-0.25, -0.2) is 0 Å². The second kappa shape index (κ2) is 4.68. The molecule has 0 fully saturated rings. The summed E-state index contributed by atoms with van der Waals surface area (Å²) in [6.45, 7) is 7.66. The average Bonchev–Trinajstić information content (AvgIpc) is 2.23. The maximum absolute atomic E-state index is 3.60. The van der Waals surface area contributed by atoms with Crippen molar-refractivity contribution in [1.29, 1.82) is 0 Å². The summed E-state index contributed by atoms with van der Waals surface area (Å²) >= 11 is 1.99. The van der Waals surface area contributed by atoms with Gasteiger partial charge in [-0.1, -0.05) is 0 Å². The second-order valence-corrected chi connectivity index (χ2v) is 5.86. The van der Waals surface area contributed by atoms with Crippen molar-refractivity contribution in [2.24, 2.45) is 0 Å². The summed E-state index contributed by atoms with van der Waals surface area (Å²) in [4.78, 5) is 1.39. The number of fused-ring (bicyclic) bond motifs is 1. The zero-order valence-corrected chi connectivity index (χ0v) is 11.2. The van der Waals surface area contributed by atoms with Crippen LogP contribution in [0.5, 0.6) is 0 Å². The quantitative estimate of drug-likeness (QED) is 0.825. The molecule has 0 radical (unpaired) electrons. The fourth-order valence-electron chi connectivity index (χ4n) is 2.02. The predicted octanol–water partition coefficient (Wildman–Crippen LogP) is 2.80. The molecule has 3 heteroatoms. The van der Waals surface area contributed by atoms with Crippen LogP contribution in [0.3, 0.4) is 0 Å². The smallest absolute Gasteiger partial charge is 0.0483 e. The fraction of sp³-hybridized carbons (Fsp3) is 0.538. The van der Waals surface area contributed by atoms with Crippen LogP contribution in [-0.2, 0) is 0 Å². The standard InChI is InChI=1S/C13H20N2S/c1-8-5-11-12(6-9(8)2)16-13(7-14-4)10(3)15-11/h5-6,10,13-15H,7H2,1-4H3. The molecule has 2 atom stereocenters. The van der Waals surface area contributed by atoms with Crippen LogP contribution < -0.4 is 10.6 Å². The van der Waals surface area contributed by atoms with Crippen LogP contribution in [0.4, 0.5) is 5.69 Å². The lowest BCUT2D eigenvalue weighted by Crippen LogP contribution is -2.38. The fourth-order valence-corrected chi connectivity index (χ4v) is 3.36. The highest BCUT2D eigenvalue weighted by molar-refractivity contribution is 8.00. The first-order chi connectivity index (χ1) is 7.61. The molecule has 0 saturated heterocycles. The van der Waals surface area contributed by atoms with E-state index in [-0.39, 0.29) is 0 Å². The average molecular weight is 236 g/mol. The van der Waals surface area contributed by atoms with E-state index in [1.807, 2.05) is 18.8 Å². The van der Waals surface area contributed by atoms with Gasteiger partial charge in [-0.3, -0.25) is 0 Å². The molecule has 1 aromatic carbocycles. The molecular weight excluding hydrogens is 216 g/mol. The summed E-state index contributed by atoms with van der Waals surface area (Å²) in [7, 11) is 2.02. The SMILES string of the molecule is CNCC1Sc2cc(C)c(C)cc2NC1C. The lowest BCUT2D eigenvalue weighted by Gasteiger charge is -2.32. The van der Waals surface area contributed by atoms with Crippen molar-refractivity contribution in [1.82, 2.24) is 5.32 Å². The van der Waals surface area contributed by atoms with Gasteiger partial charge in [0.15, 0.2) is 0 Å². The van der Waals surface area contributed by atoms with Gasteiger partial charge in [0.25, 0.3) is 0 Å². The van der Waals surface area contributed by atoms with Gasteiger partial charge in [0, 0.05) is 28.4 Å². The minimum atomic E-state index is 0.520. The van der Waals surface area contributed by atoms with Crippen molar-refractivity contribution in [3.05, 3.63) is 23.3 Å². The highest BCUT2D eigenvalue weighted by Gasteiger charge is 2.25. The molecule has 0 bridgehead atoms. The third-order valence-corrected chi connectivity index (χ3v) is 4.69. The molecule has 0 aliphatic carbocycles. The number of aryl methyl sites for hydroxylation is 2. The highest BCUT2D eigenvalue weighted by atomic mass is 32.2. The molecule has 2 nitrogen and oxygen atoms in total. The first kappa shape index (κ1) is 11.8. The maximum atomic E-state index is 3.60. The van der Waals surface area contributed by atoms with E-state index >= 15 is 0 Å². The van der Waals surface area contributed by atoms with E-state index in [1.165, 1.54) is 21.7 Å². The van der Waals surface area contributed by atoms with E-state index in [2.05, 4.69) is 43.5 Å². The molecule has 16 heavy (non-hydrogen) atoms. The number of benzene rings is 1. The van der Waals surface area contributed by atoms with Gasteiger partial charge in [0.05, 0.1) is 0 Å². The molecule has 0 saturated carbocycles. The van der Waals surface area contributed by atoms with Crippen LogP contribution in [0, 0.1) is 13.8 Å². The van der Waals surface area contributed by atoms with E-state index < -0.39 is 0 Å². The van der Waals surface area contributed by atoms with Crippen LogP contribution in [0.25, 0.3) is 0 Å². The third kappa shape index (κ3) is 2.20. The maximum Gasteiger partial charge on any atom is 0.0483 e. The number of nitrogens with one attached hydrogen (secondary N) is 2. The van der Waals surface area contributed by atoms with Gasteiger partial charge >= 0.3 is 0 Å². The Morgan fingerprint density at radius 1 is 1.31 bits per heavy atom. The van der Waals surface area contributed by atoms with Gasteiger partial charge in [-0.2, -0.15) is 0 Å². The van der Waals surface area contributed by atoms with Crippen molar-refractivity contribution >= 4 is 17.4 Å². The zero-order chi connectivity index (χ0) is 11.7. The van der Waals surface area contributed by atoms with Crippen molar-refractivity contribution in [3.8, 4) is 0 Å². The first-order valence-electron chi connectivity index (χ1n) is 5.81. The van der Waals surface area contributed by atoms with Gasteiger partial charge in [0.1, 0.15) is 0 Å². The van der Waals surface area contributed by atoms with Crippen LogP contribution in [0.1, 0.15) is 18.1 Å². The van der Waals surface area contributed by atoms with E-state index in [4.69, 9.17) is 0 Å². The second-order valence-electron chi connectivity index (χ2n) is 4.58. The van der Waals surface area contributed by atoms with E-state index in [0.29, 0.717) is 11.3 Å². The molecule has 0 spiro atoms. The molecule has 0 aromatic heterocycles. The summed E-state index contributed by atoms with van der Waals surface area (Å²) in [6.07, 6.45) is 0. The molecule has 2 unspecified atom stereocenters. The lowest BCUT2D eigenvalue weighted by atomic mass is 10.1. The number of hydrogen-bond donors (Lipinski definition) is 2. The molecule has 1 aliphatic rings. The number of rotatable bonds is 2. The summed E-state index contributed by atoms with van der Waals surface area (Å²) in [5.74, 6) is 0. The van der Waals surface area contributed by atoms with Crippen molar-refractivity contribution in [2.45, 2.75) is 37.0 Å². The third-order valence-electron chi connectivity index (χ3n) is 3.22. The Labute approximate surface area is 102 Å². The molecule has 0 amide bonds. The molecule has 2 N–H and O–H groups in total. The minimum absolute atomic E-state index is 0.520. The van der Waals surface area contributed by atoms with Crippen LogP contribution >= 0.6 is 11.8 Å². The van der Waals surface area contributed by atoms with Gasteiger partial charge in [0.2, 0.25) is 0 Å². The molecule has 1 aliphatic heterocycles. The minimum Gasteiger partial charge on any atom is -0.380 e. The normalized spacial score (nSPS) is 23.8. The number of hydrogen-bond acceptors (Lipinski definition) is 3. The molecule has 1 heterocycles. The van der Waals surface area contributed by atoms with Crippen LogP contribution in [0.15, 0.2) is 17.0 Å². The molecule has 2 rings (SSSR count). The van der Waals surface area contributed by atoms with Gasteiger partial charge in [-0.15, -0.1) is 11.8 Å². The zero-order valence-electron chi connectivity index (χ0n) is 10.4. The predicted molar refractivity (Wildman–Crippen MR) is 72.6 cm³/mol. The largest absolute Gasteiger partial charge is 0.380 e. The Morgan fingerprint density at radius 3 is 2.69 bits per heavy atom. The highest BCUT2D eigenvalue weighted by Crippen LogP contribution is 2.38. The Bertz CT molecular complexity index is 390. The first-order valence-corrected chi connectivity index (χ1v) is 6.69. The van der Waals surface area contributed by atoms with E-state index in [0.717, 1.165) is 6.54 Å². The lowest BCUT2D eigenvalue weighted by molar-refractivity contribution is 0.665. The molecule has 1 aromatic rings. The molecular formula is C13H20N2S. The van der Waals surface area contributed by atoms with Gasteiger partial charge in [-0.05, 0) is 51.1 Å². The Morgan fingerprint density at radius 2 is 2.00 bits per heavy atom. The van der Waals surface area contributed by atoms with E-state index in [9.17, 15) is 0 Å². The van der Waals surface area contributed by atoms with E-state index in [1.54, 1.807) is 0 Å². The monoisotopic (exact) mass is 236 g/mol. The summed E-state index contributed by atoms with van der Waals surface area (Å²) < 4.78 is 0. The summed E-state index contributed by atoms with van der Waals surface area (Å²) in [5, 5.41) is 7.48. The summed E-state index contributed by atoms with van der Waals surface area (Å²) in [5.41, 5.74) is 4.05. The van der Waals surface area contributed by atoms with Crippen molar-refractivity contribution < 1.29 is 0 Å². The number of thioether (sulfide) groups is 1. The molecule has 88 valence electrons. The van der Waals surface area contributed by atoms with Crippen LogP contribution in [0.2, 0.25) is 0 Å². The summed E-state index contributed by atoms with van der Waals surface area (Å²) in [6, 6.07) is 5.09. The van der Waals surface area contributed by atoms with Crippen LogP contribution in [-0.4, -0.2) is 24.9 Å². The van der Waals surface area contributed by atoms with Crippen molar-refractivity contribution in [2.75, 3.05) is 18.9 Å². The Hall–Kier alpha value is -0.670. The van der Waals surface area contributed by atoms with Crippen molar-refractivity contribution in [3.63, 3.8) is 0 Å². The van der Waals surface area contributed by atoms with Gasteiger partial charge < -0.3 is 10.6 Å².